The molecule has 4 atom stereocenters. The van der Waals surface area contributed by atoms with Crippen LogP contribution in [0, 0.1) is 17.8 Å². The minimum absolute atomic E-state index is 0.0454. The van der Waals surface area contributed by atoms with Crippen LogP contribution in [0.2, 0.25) is 0 Å². The third kappa shape index (κ3) is 6.34. The summed E-state index contributed by atoms with van der Waals surface area (Å²) in [5, 5.41) is 19.3. The molecule has 2 aromatic rings. The van der Waals surface area contributed by atoms with Crippen molar-refractivity contribution in [3.8, 4) is 17.6 Å². The number of fused-ring (bicyclic) bond motifs is 1. The summed E-state index contributed by atoms with van der Waals surface area (Å²) in [4.78, 5) is 6.23. The number of aliphatic hydroxyl groups excluding tert-OH is 2. The van der Waals surface area contributed by atoms with Crippen molar-refractivity contribution in [1.82, 2.24) is 14.2 Å². The van der Waals surface area contributed by atoms with Gasteiger partial charge in [0.25, 0.3) is 0 Å². The van der Waals surface area contributed by atoms with E-state index in [2.05, 4.69) is 21.7 Å². The molecule has 1 aromatic heterocycles. The second-order valence-corrected chi connectivity index (χ2v) is 10.8. The number of sulfonamides is 1. The zero-order valence-electron chi connectivity index (χ0n) is 20.0. The first kappa shape index (κ1) is 26.1. The molecular formula is C25H33N3O5S. The predicted molar refractivity (Wildman–Crippen MR) is 130 cm³/mol. The molecular weight excluding hydrogens is 454 g/mol. The molecule has 2 N–H and O–H groups in total. The summed E-state index contributed by atoms with van der Waals surface area (Å²) in [5.41, 5.74) is 1.67. The minimum atomic E-state index is -3.91. The number of hydrogen-bond donors (Lipinski definition) is 2. The van der Waals surface area contributed by atoms with Gasteiger partial charge in [-0.2, -0.15) is 4.31 Å². The summed E-state index contributed by atoms with van der Waals surface area (Å²) in [7, 11) is -1.91. The molecule has 1 aliphatic heterocycles. The number of pyridine rings is 1. The van der Waals surface area contributed by atoms with Crippen molar-refractivity contribution in [2.24, 2.45) is 5.92 Å². The van der Waals surface area contributed by atoms with Gasteiger partial charge in [0.05, 0.1) is 6.61 Å². The van der Waals surface area contributed by atoms with Crippen LogP contribution in [0.25, 0.3) is 0 Å². The third-order valence-electron chi connectivity index (χ3n) is 5.79. The zero-order valence-corrected chi connectivity index (χ0v) is 20.9. The fourth-order valence-electron chi connectivity index (χ4n) is 3.88. The first-order chi connectivity index (χ1) is 16.1. The molecule has 0 unspecified atom stereocenters. The van der Waals surface area contributed by atoms with E-state index in [1.807, 2.05) is 26.1 Å². The second kappa shape index (κ2) is 11.3. The molecule has 0 saturated carbocycles. The molecule has 0 saturated heterocycles. The van der Waals surface area contributed by atoms with Crippen LogP contribution in [0.1, 0.15) is 31.9 Å². The van der Waals surface area contributed by atoms with Gasteiger partial charge in [-0.3, -0.25) is 9.88 Å². The van der Waals surface area contributed by atoms with Crippen LogP contribution in [0.3, 0.4) is 0 Å². The highest BCUT2D eigenvalue weighted by molar-refractivity contribution is 7.89. The molecule has 0 amide bonds. The Bertz CT molecular complexity index is 1130. The van der Waals surface area contributed by atoms with Gasteiger partial charge in [-0.25, -0.2) is 8.42 Å². The standard InChI is InChI=1S/C25H33N3O5S/c1-18-14-28(19(2)17-29)34(31,32)25-8-7-21(6-5-20(3)30)13-23(25)33-24(18)16-27(4)15-22-9-11-26-12-10-22/h7-13,18-20,24,29-30H,14-17H2,1-4H3/t18-,19-,20-,24+/m1/s1. The summed E-state index contributed by atoms with van der Waals surface area (Å²) in [6.45, 7) is 6.41. The number of hydrogen-bond acceptors (Lipinski definition) is 7. The summed E-state index contributed by atoms with van der Waals surface area (Å²) < 4.78 is 34.7. The van der Waals surface area contributed by atoms with Crippen LogP contribution in [0.4, 0.5) is 0 Å². The Labute approximate surface area is 202 Å². The van der Waals surface area contributed by atoms with Crippen molar-refractivity contribution in [2.45, 2.75) is 50.5 Å². The van der Waals surface area contributed by atoms with Crippen molar-refractivity contribution in [2.75, 3.05) is 26.7 Å². The van der Waals surface area contributed by atoms with Gasteiger partial charge < -0.3 is 14.9 Å². The average molecular weight is 488 g/mol. The highest BCUT2D eigenvalue weighted by Gasteiger charge is 2.38. The summed E-state index contributed by atoms with van der Waals surface area (Å²) in [6, 6.07) is 8.03. The number of aromatic nitrogens is 1. The Morgan fingerprint density at radius 3 is 2.62 bits per heavy atom. The first-order valence-electron chi connectivity index (χ1n) is 11.3. The topological polar surface area (TPSA) is 103 Å². The van der Waals surface area contributed by atoms with E-state index < -0.39 is 22.2 Å². The maximum atomic E-state index is 13.5. The van der Waals surface area contributed by atoms with Gasteiger partial charge in [0, 0.05) is 49.6 Å². The van der Waals surface area contributed by atoms with Gasteiger partial charge >= 0.3 is 0 Å². The highest BCUT2D eigenvalue weighted by Crippen LogP contribution is 2.34. The number of benzene rings is 1. The number of likely N-dealkylation sites (N-methyl/N-ethyl adjacent to an activating group) is 1. The van der Waals surface area contributed by atoms with Gasteiger partial charge in [-0.05, 0) is 56.8 Å². The summed E-state index contributed by atoms with van der Waals surface area (Å²) in [6.07, 6.45) is 2.39. The molecule has 0 aliphatic carbocycles. The summed E-state index contributed by atoms with van der Waals surface area (Å²) >= 11 is 0. The van der Waals surface area contributed by atoms with Gasteiger partial charge in [0.1, 0.15) is 22.9 Å². The van der Waals surface area contributed by atoms with E-state index in [0.29, 0.717) is 18.7 Å². The molecule has 1 aliphatic rings. The molecule has 1 aromatic carbocycles. The Morgan fingerprint density at radius 1 is 1.26 bits per heavy atom. The Kier molecular flexibility index (Phi) is 8.68. The second-order valence-electron chi connectivity index (χ2n) is 8.90. The van der Waals surface area contributed by atoms with Gasteiger partial charge in [-0.15, -0.1) is 0 Å². The normalized spacial score (nSPS) is 21.9. The zero-order chi connectivity index (χ0) is 24.9. The van der Waals surface area contributed by atoms with E-state index in [1.54, 1.807) is 38.4 Å². The first-order valence-corrected chi connectivity index (χ1v) is 12.8. The lowest BCUT2D eigenvalue weighted by molar-refractivity contribution is 0.0733. The van der Waals surface area contributed by atoms with Crippen molar-refractivity contribution >= 4 is 10.0 Å². The largest absolute Gasteiger partial charge is 0.487 e. The SMILES string of the molecule is C[C@@H]1CN([C@H](C)CO)S(=O)(=O)c2ccc(C#C[C@@H](C)O)cc2O[C@H]1CN(C)Cc1ccncc1. The van der Waals surface area contributed by atoms with E-state index in [4.69, 9.17) is 4.74 Å². The van der Waals surface area contributed by atoms with E-state index >= 15 is 0 Å². The lowest BCUT2D eigenvalue weighted by Crippen LogP contribution is -2.49. The molecule has 184 valence electrons. The van der Waals surface area contributed by atoms with Crippen LogP contribution >= 0.6 is 0 Å². The molecule has 34 heavy (non-hydrogen) atoms. The van der Waals surface area contributed by atoms with Crippen molar-refractivity contribution in [3.63, 3.8) is 0 Å². The maximum absolute atomic E-state index is 13.5. The average Bonchev–Trinajstić information content (AvgIpc) is 2.80. The Balaban J connectivity index is 1.99. The van der Waals surface area contributed by atoms with Crippen molar-refractivity contribution < 1.29 is 23.4 Å². The predicted octanol–water partition coefficient (Wildman–Crippen LogP) is 1.71. The summed E-state index contributed by atoms with van der Waals surface area (Å²) in [5.74, 6) is 5.61. The van der Waals surface area contributed by atoms with Crippen LogP contribution in [0.5, 0.6) is 5.75 Å². The van der Waals surface area contributed by atoms with Crippen LogP contribution in [0.15, 0.2) is 47.6 Å². The van der Waals surface area contributed by atoms with Crippen LogP contribution in [-0.4, -0.2) is 77.8 Å². The van der Waals surface area contributed by atoms with Gasteiger partial charge in [0.2, 0.25) is 10.0 Å². The number of aliphatic hydroxyl groups is 2. The third-order valence-corrected chi connectivity index (χ3v) is 7.81. The van der Waals surface area contributed by atoms with Crippen LogP contribution < -0.4 is 4.74 Å². The molecule has 0 bridgehead atoms. The van der Waals surface area contributed by atoms with Crippen molar-refractivity contribution in [1.29, 1.82) is 0 Å². The smallest absolute Gasteiger partial charge is 0.247 e. The van der Waals surface area contributed by atoms with E-state index in [0.717, 1.165) is 5.56 Å². The molecule has 2 heterocycles. The lowest BCUT2D eigenvalue weighted by Gasteiger charge is -2.37. The lowest BCUT2D eigenvalue weighted by atomic mass is 10.0. The maximum Gasteiger partial charge on any atom is 0.247 e. The molecule has 9 heteroatoms. The Morgan fingerprint density at radius 2 is 1.97 bits per heavy atom. The number of ether oxygens (including phenoxy) is 1. The monoisotopic (exact) mass is 487 g/mol. The van der Waals surface area contributed by atoms with E-state index in [-0.39, 0.29) is 35.8 Å². The van der Waals surface area contributed by atoms with Crippen LogP contribution in [-0.2, 0) is 16.6 Å². The highest BCUT2D eigenvalue weighted by atomic mass is 32.2. The van der Waals surface area contributed by atoms with E-state index in [9.17, 15) is 18.6 Å². The van der Waals surface area contributed by atoms with Gasteiger partial charge in [-0.1, -0.05) is 18.8 Å². The number of nitrogens with zero attached hydrogens (tertiary/aromatic N) is 3. The number of rotatable bonds is 6. The molecule has 0 spiro atoms. The minimum Gasteiger partial charge on any atom is -0.487 e. The quantitative estimate of drug-likeness (QED) is 0.598. The Hall–Kier alpha value is -2.48. The molecule has 0 radical (unpaired) electrons. The fourth-order valence-corrected chi connectivity index (χ4v) is 5.71. The van der Waals surface area contributed by atoms with Crippen molar-refractivity contribution in [3.05, 3.63) is 53.9 Å². The molecule has 8 nitrogen and oxygen atoms in total. The molecule has 3 rings (SSSR count). The fraction of sp³-hybridized carbons (Fsp3) is 0.480. The van der Waals surface area contributed by atoms with E-state index in [1.165, 1.54) is 10.4 Å². The molecule has 0 fully saturated rings. The van der Waals surface area contributed by atoms with Gasteiger partial charge in [0.15, 0.2) is 0 Å².